The van der Waals surface area contributed by atoms with E-state index in [0.29, 0.717) is 72.9 Å². The van der Waals surface area contributed by atoms with E-state index < -0.39 is 12.1 Å². The fourth-order valence-corrected chi connectivity index (χ4v) is 10.4. The van der Waals surface area contributed by atoms with Gasteiger partial charge in [0, 0.05) is 45.5 Å². The van der Waals surface area contributed by atoms with Gasteiger partial charge in [-0.2, -0.15) is 33.9 Å². The highest BCUT2D eigenvalue weighted by molar-refractivity contribution is 6.35. The number of aromatic nitrogens is 8. The molecule has 73 heavy (non-hydrogen) atoms. The first kappa shape index (κ1) is 54.3. The zero-order chi connectivity index (χ0) is 53.1. The summed E-state index contributed by atoms with van der Waals surface area (Å²) in [6.07, 6.45) is 7.08. The molecule has 5 heterocycles. The van der Waals surface area contributed by atoms with Crippen molar-refractivity contribution in [2.45, 2.75) is 96.6 Å². The number of hydrogen-bond acceptors (Lipinski definition) is 12. The molecule has 1 unspecified atom stereocenters. The Balaban J connectivity index is 0.000000193. The molecule has 1 saturated heterocycles. The van der Waals surface area contributed by atoms with E-state index in [0.717, 1.165) is 60.2 Å². The van der Waals surface area contributed by atoms with Crippen molar-refractivity contribution in [3.05, 3.63) is 115 Å². The first-order valence-corrected chi connectivity index (χ1v) is 24.6. The second-order valence-corrected chi connectivity index (χ2v) is 19.6. The van der Waals surface area contributed by atoms with E-state index in [-0.39, 0.29) is 47.1 Å². The van der Waals surface area contributed by atoms with E-state index in [1.165, 1.54) is 0 Å². The lowest BCUT2D eigenvalue weighted by Gasteiger charge is -2.38. The largest absolute Gasteiger partial charge is 0.490 e. The Bertz CT molecular complexity index is 3270. The number of benzene rings is 2. The van der Waals surface area contributed by atoms with Crippen LogP contribution in [0.5, 0.6) is 0 Å². The molecule has 9 rings (SSSR count). The molecule has 2 aromatic carbocycles. The number of nitrogens with zero attached hydrogens (tertiary/aromatic N) is 11. The predicted molar refractivity (Wildman–Crippen MR) is 270 cm³/mol. The number of alkyl halides is 3. The van der Waals surface area contributed by atoms with Gasteiger partial charge in [-0.15, -0.1) is 0 Å². The highest BCUT2D eigenvalue weighted by Gasteiger charge is 2.39. The fourth-order valence-electron chi connectivity index (χ4n) is 9.29. The number of carbonyl (C=O) groups excluding carboxylic acids is 2. The summed E-state index contributed by atoms with van der Waals surface area (Å²) in [6, 6.07) is 14.5. The number of carboxylic acids is 1. The smallest absolute Gasteiger partial charge is 0.475 e. The first-order valence-electron chi connectivity index (χ1n) is 23.0. The molecule has 16 nitrogen and oxygen atoms in total. The van der Waals surface area contributed by atoms with Crippen LogP contribution in [0.1, 0.15) is 112 Å². The summed E-state index contributed by atoms with van der Waals surface area (Å²) >= 11 is 25.0. The molecule has 0 radical (unpaired) electrons. The van der Waals surface area contributed by atoms with Gasteiger partial charge in [0.1, 0.15) is 29.0 Å². The van der Waals surface area contributed by atoms with E-state index in [2.05, 4.69) is 55.5 Å². The minimum Gasteiger partial charge on any atom is -0.475 e. The summed E-state index contributed by atoms with van der Waals surface area (Å²) in [5, 5.41) is 40.2. The van der Waals surface area contributed by atoms with Crippen molar-refractivity contribution in [1.82, 2.24) is 49.7 Å². The van der Waals surface area contributed by atoms with Gasteiger partial charge < -0.3 is 10.4 Å². The Morgan fingerprint density at radius 1 is 0.822 bits per heavy atom. The third kappa shape index (κ3) is 11.8. The Labute approximate surface area is 437 Å². The molecule has 4 aromatic heterocycles. The van der Waals surface area contributed by atoms with Gasteiger partial charge in [0.2, 0.25) is 5.91 Å². The van der Waals surface area contributed by atoms with Crippen LogP contribution >= 0.6 is 46.4 Å². The van der Waals surface area contributed by atoms with Crippen molar-refractivity contribution in [2.75, 3.05) is 13.6 Å². The summed E-state index contributed by atoms with van der Waals surface area (Å²) in [7, 11) is 1.71. The van der Waals surface area contributed by atoms with Gasteiger partial charge in [0.15, 0.2) is 22.7 Å². The number of rotatable bonds is 8. The Kier molecular flexibility index (Phi) is 16.9. The summed E-state index contributed by atoms with van der Waals surface area (Å²) in [6.45, 7) is 9.00. The minimum absolute atomic E-state index is 0.0427. The van der Waals surface area contributed by atoms with Crippen LogP contribution in [-0.4, -0.2) is 99.0 Å². The van der Waals surface area contributed by atoms with Crippen LogP contribution in [0.2, 0.25) is 20.1 Å². The number of nitriles is 2. The molecule has 23 heteroatoms. The second-order valence-electron chi connectivity index (χ2n) is 17.9. The molecule has 1 aliphatic heterocycles. The molecule has 0 saturated carbocycles. The number of hydrogen-bond donors (Lipinski definition) is 2. The van der Waals surface area contributed by atoms with Crippen LogP contribution in [0, 0.1) is 34.5 Å². The number of fused-ring (bicyclic) bond motifs is 2. The van der Waals surface area contributed by atoms with Gasteiger partial charge >= 0.3 is 12.1 Å². The maximum atomic E-state index is 12.4. The van der Waals surface area contributed by atoms with Crippen molar-refractivity contribution in [1.29, 1.82) is 10.5 Å². The number of carbonyl (C=O) groups is 3. The Morgan fingerprint density at radius 3 is 1.74 bits per heavy atom. The number of aliphatic carboxylic acids is 1. The highest BCUT2D eigenvalue weighted by Crippen LogP contribution is 2.38. The van der Waals surface area contributed by atoms with Crippen molar-refractivity contribution in [3.8, 4) is 12.1 Å². The SMILES string of the molecule is CC1CC(c2cnc3c(C#N)nn([C@H](C)c4ccc(Cl)cc4Cl)c3n2)=CCC1=O.CNC(=O)[C@@H]1CCCN1[C@H]1CC=C(c2cnc3c(C#N)nn([C@H](C)c4ccc(Cl)cc4Cl)c3n2)C[C@H]1C.O=C(O)C(F)(F)F. The van der Waals surface area contributed by atoms with Crippen LogP contribution < -0.4 is 5.32 Å². The maximum absolute atomic E-state index is 12.4. The molecule has 1 amide bonds. The second kappa shape index (κ2) is 22.7. The monoisotopic (exact) mass is 1080 g/mol. The van der Waals surface area contributed by atoms with E-state index in [1.54, 1.807) is 53.1 Å². The van der Waals surface area contributed by atoms with E-state index >= 15 is 0 Å². The molecule has 2 aliphatic carbocycles. The van der Waals surface area contributed by atoms with Crippen LogP contribution in [-0.2, 0) is 14.4 Å². The first-order chi connectivity index (χ1) is 34.6. The molecule has 3 aliphatic rings. The number of Topliss-reactive ketones (excluding diaryl/α,β-unsaturated/α-hetero) is 1. The van der Waals surface area contributed by atoms with Crippen LogP contribution in [0.15, 0.2) is 60.9 Å². The third-order valence-electron chi connectivity index (χ3n) is 13.2. The van der Waals surface area contributed by atoms with E-state index in [4.69, 9.17) is 66.3 Å². The standard InChI is InChI=1S/C27H29Cl2N7O.C21H17Cl2N5O.C2HF3O2/c1-15-11-17(6-9-23(15)35-10-4-5-24(35)27(37)31-3)22-14-32-25-21(13-30)34-36(26(25)33-22)16(2)19-8-7-18(28)12-20(19)29;1-11-7-13(3-6-19(11)29)18-10-25-20-17(9-24)27-28(21(20)26-18)12(2)15-5-4-14(22)8-16(15)23;3-2(4,5)1(6)7/h6-8,12,14-16,23-24H,4-5,9-11H2,1-3H3,(H,31,37);3-5,8,10-12H,6-7H2,1-2H3;(H,6,7)/t15-,16-,23+,24+;11?,12-;/m11./s1. The zero-order valence-corrected chi connectivity index (χ0v) is 42.9. The van der Waals surface area contributed by atoms with Crippen LogP contribution in [0.4, 0.5) is 13.2 Å². The number of amides is 1. The topological polar surface area (TPSA) is 221 Å². The molecule has 2 N–H and O–H groups in total. The summed E-state index contributed by atoms with van der Waals surface area (Å²) in [5.74, 6) is -2.11. The molecule has 1 fully saturated rings. The summed E-state index contributed by atoms with van der Waals surface area (Å²) in [4.78, 5) is 54.3. The van der Waals surface area contributed by atoms with E-state index in [9.17, 15) is 33.3 Å². The van der Waals surface area contributed by atoms with Gasteiger partial charge in [-0.1, -0.05) is 84.5 Å². The van der Waals surface area contributed by atoms with Crippen molar-refractivity contribution >= 4 is 97.5 Å². The average molecular weight is 1080 g/mol. The average Bonchev–Trinajstić information content (AvgIpc) is 4.10. The molecule has 6 aromatic rings. The summed E-state index contributed by atoms with van der Waals surface area (Å²) in [5.41, 5.74) is 7.61. The minimum atomic E-state index is -5.08. The van der Waals surface area contributed by atoms with Gasteiger partial charge in [-0.05, 0) is 105 Å². The van der Waals surface area contributed by atoms with Crippen molar-refractivity contribution in [2.24, 2.45) is 11.8 Å². The molecule has 380 valence electrons. The predicted octanol–water partition coefficient (Wildman–Crippen LogP) is 10.6. The molecule has 6 atom stereocenters. The zero-order valence-electron chi connectivity index (χ0n) is 39.9. The number of ketones is 1. The lowest BCUT2D eigenvalue weighted by atomic mass is 9.83. The van der Waals surface area contributed by atoms with Crippen molar-refractivity contribution in [3.63, 3.8) is 0 Å². The third-order valence-corrected chi connectivity index (χ3v) is 14.3. The van der Waals surface area contributed by atoms with Crippen LogP contribution in [0.25, 0.3) is 33.5 Å². The molecule has 0 bridgehead atoms. The number of likely N-dealkylation sites (tertiary alicyclic amines) is 1. The molecular weight excluding hydrogens is 1030 g/mol. The van der Waals surface area contributed by atoms with Crippen LogP contribution in [0.3, 0.4) is 0 Å². The van der Waals surface area contributed by atoms with Gasteiger partial charge in [-0.25, -0.2) is 34.1 Å². The fraction of sp³-hybridized carbons (Fsp3) is 0.380. The normalized spacial score (nSPS) is 19.8. The Hall–Kier alpha value is -6.48. The molecule has 0 spiro atoms. The lowest BCUT2D eigenvalue weighted by Crippen LogP contribution is -2.49. The van der Waals surface area contributed by atoms with Crippen molar-refractivity contribution < 1.29 is 32.7 Å². The number of halogens is 7. The summed E-state index contributed by atoms with van der Waals surface area (Å²) < 4.78 is 35.1. The van der Waals surface area contributed by atoms with E-state index in [1.807, 2.05) is 39.0 Å². The van der Waals surface area contributed by atoms with Gasteiger partial charge in [0.05, 0.1) is 41.9 Å². The van der Waals surface area contributed by atoms with Gasteiger partial charge in [0.25, 0.3) is 0 Å². The Morgan fingerprint density at radius 2 is 1.32 bits per heavy atom. The number of allylic oxidation sites excluding steroid dienone is 3. The quantitative estimate of drug-likeness (QED) is 0.145. The lowest BCUT2D eigenvalue weighted by molar-refractivity contribution is -0.192. The number of likely N-dealkylation sites (N-methyl/N-ethyl adjacent to an activating group) is 1. The number of nitrogens with one attached hydrogen (secondary N) is 1. The molecular formula is C50H47Cl4F3N12O4. The highest BCUT2D eigenvalue weighted by atomic mass is 35.5. The van der Waals surface area contributed by atoms with Gasteiger partial charge in [-0.3, -0.25) is 14.5 Å². The maximum Gasteiger partial charge on any atom is 0.490 e. The number of carboxylic acid groups (broad SMARTS) is 1.